The van der Waals surface area contributed by atoms with Crippen molar-refractivity contribution in [1.29, 1.82) is 0 Å². The van der Waals surface area contributed by atoms with Gasteiger partial charge in [0.2, 0.25) is 0 Å². The highest BCUT2D eigenvalue weighted by Gasteiger charge is 2.50. The molecule has 2 aliphatic rings. The molecule has 0 aromatic heterocycles. The minimum atomic E-state index is -1.65. The highest BCUT2D eigenvalue weighted by molar-refractivity contribution is 5.72. The second-order valence-electron chi connectivity index (χ2n) is 12.6. The smallest absolute Gasteiger partial charge is 0.308 e. The maximum Gasteiger partial charge on any atom is 0.308 e. The van der Waals surface area contributed by atoms with E-state index in [-0.39, 0.29) is 12.8 Å². The van der Waals surface area contributed by atoms with Gasteiger partial charge in [-0.2, -0.15) is 0 Å². The molecule has 2 rings (SSSR count). The van der Waals surface area contributed by atoms with E-state index in [4.69, 9.17) is 23.7 Å². The van der Waals surface area contributed by atoms with Crippen molar-refractivity contribution in [3.8, 4) is 0 Å². The lowest BCUT2D eigenvalue weighted by Crippen LogP contribution is -2.63. The molecule has 13 heteroatoms. The van der Waals surface area contributed by atoms with Gasteiger partial charge in [-0.05, 0) is 33.1 Å². The van der Waals surface area contributed by atoms with Crippen LogP contribution in [-0.2, 0) is 33.3 Å². The number of rotatable bonds is 21. The van der Waals surface area contributed by atoms with Gasteiger partial charge in [0.05, 0.1) is 31.2 Å². The molecule has 0 amide bonds. The Hall–Kier alpha value is -1.42. The topological polar surface area (TPSA) is 202 Å². The summed E-state index contributed by atoms with van der Waals surface area (Å²) >= 11 is 0. The Morgan fingerprint density at radius 2 is 1.18 bits per heavy atom. The first kappa shape index (κ1) is 39.8. The van der Waals surface area contributed by atoms with Crippen LogP contribution in [0.15, 0.2) is 0 Å². The molecular formula is C32H58O13. The predicted octanol–water partition coefficient (Wildman–Crippen LogP) is 2.55. The lowest BCUT2D eigenvalue weighted by atomic mass is 9.97. The van der Waals surface area contributed by atoms with Crippen LogP contribution in [0.3, 0.4) is 0 Å². The monoisotopic (exact) mass is 650 g/mol. The molecule has 2 heterocycles. The van der Waals surface area contributed by atoms with Crippen LogP contribution in [0.25, 0.3) is 0 Å². The van der Waals surface area contributed by atoms with Gasteiger partial charge in [-0.3, -0.25) is 9.59 Å². The molecule has 2 fully saturated rings. The van der Waals surface area contributed by atoms with Crippen molar-refractivity contribution in [1.82, 2.24) is 0 Å². The summed E-state index contributed by atoms with van der Waals surface area (Å²) in [5.74, 6) is -1.66. The molecule has 2 saturated heterocycles. The van der Waals surface area contributed by atoms with Crippen LogP contribution in [-0.4, -0.2) is 116 Å². The summed E-state index contributed by atoms with van der Waals surface area (Å²) in [4.78, 5) is 24.5. The number of carboxylic acids is 1. The molecule has 0 aliphatic carbocycles. The van der Waals surface area contributed by atoms with Crippen LogP contribution in [0.4, 0.5) is 0 Å². The molecule has 0 aromatic carbocycles. The number of unbranched alkanes of at least 4 members (excludes halogenated alkanes) is 8. The number of carbonyl (C=O) groups excluding carboxylic acids is 1. The number of hydrogen-bond donors (Lipinski definition) is 6. The molecule has 2 aliphatic heterocycles. The molecule has 0 spiro atoms. The molecule has 0 aromatic rings. The van der Waals surface area contributed by atoms with Crippen LogP contribution < -0.4 is 0 Å². The van der Waals surface area contributed by atoms with Gasteiger partial charge in [-0.1, -0.05) is 71.6 Å². The van der Waals surface area contributed by atoms with Crippen LogP contribution in [0.5, 0.6) is 0 Å². The minimum Gasteiger partial charge on any atom is -0.481 e. The molecule has 12 unspecified atom stereocenters. The molecule has 264 valence electrons. The largest absolute Gasteiger partial charge is 0.481 e. The molecule has 0 bridgehead atoms. The Balaban J connectivity index is 2.10. The lowest BCUT2D eigenvalue weighted by Gasteiger charge is -2.46. The van der Waals surface area contributed by atoms with E-state index < -0.39 is 85.6 Å². The number of aliphatic carboxylic acids is 1. The number of esters is 1. The van der Waals surface area contributed by atoms with Crippen LogP contribution in [0.2, 0.25) is 0 Å². The van der Waals surface area contributed by atoms with Crippen LogP contribution in [0, 0.1) is 0 Å². The zero-order chi connectivity index (χ0) is 33.5. The van der Waals surface area contributed by atoms with E-state index in [1.807, 2.05) is 0 Å². The van der Waals surface area contributed by atoms with E-state index in [0.29, 0.717) is 12.8 Å². The molecule has 0 saturated carbocycles. The van der Waals surface area contributed by atoms with Crippen LogP contribution >= 0.6 is 0 Å². The second-order valence-corrected chi connectivity index (χ2v) is 12.6. The average molecular weight is 651 g/mol. The summed E-state index contributed by atoms with van der Waals surface area (Å²) in [6, 6.07) is 0. The summed E-state index contributed by atoms with van der Waals surface area (Å²) in [6.07, 6.45) is -4.87. The normalized spacial score (nSPS) is 33.4. The van der Waals surface area contributed by atoms with Crippen molar-refractivity contribution < 1.29 is 63.9 Å². The van der Waals surface area contributed by atoms with Crippen LogP contribution in [0.1, 0.15) is 118 Å². The van der Waals surface area contributed by atoms with Crippen molar-refractivity contribution in [2.75, 3.05) is 0 Å². The maximum absolute atomic E-state index is 13.1. The van der Waals surface area contributed by atoms with Gasteiger partial charge in [-0.15, -0.1) is 0 Å². The Bertz CT molecular complexity index is 844. The van der Waals surface area contributed by atoms with E-state index in [9.17, 15) is 40.2 Å². The Kier molecular flexibility index (Phi) is 18.3. The van der Waals surface area contributed by atoms with E-state index in [0.717, 1.165) is 64.2 Å². The van der Waals surface area contributed by atoms with Gasteiger partial charge in [0, 0.05) is 0 Å². The lowest BCUT2D eigenvalue weighted by molar-refractivity contribution is -0.358. The van der Waals surface area contributed by atoms with Gasteiger partial charge >= 0.3 is 11.9 Å². The van der Waals surface area contributed by atoms with Crippen molar-refractivity contribution in [2.45, 2.75) is 191 Å². The first-order chi connectivity index (χ1) is 21.4. The molecule has 0 radical (unpaired) electrons. The third-order valence-electron chi connectivity index (χ3n) is 8.56. The first-order valence-corrected chi connectivity index (χ1v) is 16.8. The Labute approximate surface area is 267 Å². The molecule has 12 atom stereocenters. The number of carboxylic acid groups (broad SMARTS) is 1. The number of aliphatic hydroxyl groups excluding tert-OH is 5. The van der Waals surface area contributed by atoms with Gasteiger partial charge in [0.15, 0.2) is 12.6 Å². The highest BCUT2D eigenvalue weighted by Crippen LogP contribution is 2.31. The van der Waals surface area contributed by atoms with Gasteiger partial charge in [-0.25, -0.2) is 0 Å². The number of ether oxygens (including phenoxy) is 5. The average Bonchev–Trinajstić information content (AvgIpc) is 2.98. The number of carbonyl (C=O) groups is 2. The van der Waals surface area contributed by atoms with Crippen molar-refractivity contribution >= 4 is 11.9 Å². The van der Waals surface area contributed by atoms with Gasteiger partial charge in [0.25, 0.3) is 0 Å². The molecular weight excluding hydrogens is 592 g/mol. The highest BCUT2D eigenvalue weighted by atomic mass is 16.7. The summed E-state index contributed by atoms with van der Waals surface area (Å²) in [5, 5.41) is 61.9. The fourth-order valence-corrected chi connectivity index (χ4v) is 5.73. The fraction of sp³-hybridized carbons (Fsp3) is 0.938. The molecule has 45 heavy (non-hydrogen) atoms. The first-order valence-electron chi connectivity index (χ1n) is 16.8. The summed E-state index contributed by atoms with van der Waals surface area (Å²) in [5.41, 5.74) is 0. The zero-order valence-corrected chi connectivity index (χ0v) is 27.4. The second kappa shape index (κ2) is 20.7. The van der Waals surface area contributed by atoms with E-state index in [1.54, 1.807) is 6.92 Å². The fourth-order valence-electron chi connectivity index (χ4n) is 5.73. The third-order valence-corrected chi connectivity index (χ3v) is 8.56. The quantitative estimate of drug-likeness (QED) is 0.0782. The van der Waals surface area contributed by atoms with E-state index in [1.165, 1.54) is 6.92 Å². The predicted molar refractivity (Wildman–Crippen MR) is 162 cm³/mol. The Morgan fingerprint density at radius 1 is 0.644 bits per heavy atom. The van der Waals surface area contributed by atoms with Gasteiger partial charge in [0.1, 0.15) is 42.7 Å². The molecule has 6 N–H and O–H groups in total. The van der Waals surface area contributed by atoms with E-state index >= 15 is 0 Å². The maximum atomic E-state index is 13.1. The van der Waals surface area contributed by atoms with Crippen molar-refractivity contribution in [3.63, 3.8) is 0 Å². The van der Waals surface area contributed by atoms with Crippen molar-refractivity contribution in [2.24, 2.45) is 0 Å². The van der Waals surface area contributed by atoms with E-state index in [2.05, 4.69) is 13.8 Å². The summed E-state index contributed by atoms with van der Waals surface area (Å²) < 4.78 is 28.7. The zero-order valence-electron chi connectivity index (χ0n) is 27.4. The SMILES string of the molecule is CCCCCCCC(CC(=O)O)OC(=O)CC(CCCCCCC)OC1OC(C)C(O)C(OC2OC(C)C(O)C(O)C2O)C1O. The van der Waals surface area contributed by atoms with Crippen molar-refractivity contribution in [3.05, 3.63) is 0 Å². The number of aliphatic hydroxyl groups is 5. The standard InChI is InChI=1S/C32H58O13/c1-5-7-9-11-13-15-21(17-23(33)34)43-24(35)18-22(16-14-12-10-8-6-2)44-32-29(40)30(26(37)20(4)42-32)45-31-28(39)27(38)25(36)19(3)41-31/h19-22,25-32,36-40H,5-18H2,1-4H3,(H,33,34). The third kappa shape index (κ3) is 13.3. The minimum absolute atomic E-state index is 0.194. The molecule has 13 nitrogen and oxygen atoms in total. The summed E-state index contributed by atoms with van der Waals surface area (Å²) in [7, 11) is 0. The van der Waals surface area contributed by atoms with Gasteiger partial charge < -0.3 is 54.3 Å². The summed E-state index contributed by atoms with van der Waals surface area (Å²) in [6.45, 7) is 7.25. The Morgan fingerprint density at radius 3 is 1.76 bits per heavy atom. The number of hydrogen-bond acceptors (Lipinski definition) is 12.